The van der Waals surface area contributed by atoms with Crippen molar-refractivity contribution >= 4 is 33.4 Å². The summed E-state index contributed by atoms with van der Waals surface area (Å²) in [4.78, 5) is 11.8. The summed E-state index contributed by atoms with van der Waals surface area (Å²) in [5.74, 6) is 0.601. The standard InChI is InChI=1S/C12H13BrClNO/c13-10-3-1-2-9(6-10)11(16)15-8-12(7-14)4-5-12/h1-3,6H,4-5,7-8H2,(H,15,16). The van der Waals surface area contributed by atoms with Gasteiger partial charge in [0.25, 0.3) is 5.91 Å². The van der Waals surface area contributed by atoms with E-state index in [1.807, 2.05) is 18.2 Å². The van der Waals surface area contributed by atoms with Crippen molar-refractivity contribution in [3.63, 3.8) is 0 Å². The molecule has 1 aromatic rings. The fraction of sp³-hybridized carbons (Fsp3) is 0.417. The summed E-state index contributed by atoms with van der Waals surface area (Å²) in [6.45, 7) is 0.682. The molecule has 1 aliphatic rings. The van der Waals surface area contributed by atoms with Crippen LogP contribution in [0.3, 0.4) is 0 Å². The van der Waals surface area contributed by atoms with E-state index in [1.54, 1.807) is 6.07 Å². The van der Waals surface area contributed by atoms with Crippen molar-refractivity contribution in [1.29, 1.82) is 0 Å². The molecule has 1 N–H and O–H groups in total. The van der Waals surface area contributed by atoms with Gasteiger partial charge in [-0.05, 0) is 31.0 Å². The van der Waals surface area contributed by atoms with Crippen molar-refractivity contribution in [2.45, 2.75) is 12.8 Å². The molecule has 2 rings (SSSR count). The van der Waals surface area contributed by atoms with Crippen LogP contribution in [0.15, 0.2) is 28.7 Å². The third kappa shape index (κ3) is 2.77. The van der Waals surface area contributed by atoms with E-state index in [2.05, 4.69) is 21.2 Å². The molecular formula is C12H13BrClNO. The normalized spacial score (nSPS) is 16.9. The molecule has 86 valence electrons. The lowest BCUT2D eigenvalue weighted by Crippen LogP contribution is -2.30. The first-order valence-electron chi connectivity index (χ1n) is 5.25. The smallest absolute Gasteiger partial charge is 0.251 e. The van der Waals surface area contributed by atoms with Crippen LogP contribution in [0.25, 0.3) is 0 Å². The Morgan fingerprint density at radius 1 is 1.50 bits per heavy atom. The molecular weight excluding hydrogens is 289 g/mol. The maximum Gasteiger partial charge on any atom is 0.251 e. The van der Waals surface area contributed by atoms with Crippen LogP contribution < -0.4 is 5.32 Å². The molecule has 2 nitrogen and oxygen atoms in total. The highest BCUT2D eigenvalue weighted by atomic mass is 79.9. The number of halogens is 2. The predicted molar refractivity (Wildman–Crippen MR) is 68.9 cm³/mol. The fourth-order valence-corrected chi connectivity index (χ4v) is 2.29. The average Bonchev–Trinajstić information content (AvgIpc) is 3.07. The molecule has 1 saturated carbocycles. The lowest BCUT2D eigenvalue weighted by molar-refractivity contribution is 0.0946. The second-order valence-electron chi connectivity index (χ2n) is 4.33. The minimum Gasteiger partial charge on any atom is -0.351 e. The first-order chi connectivity index (χ1) is 7.65. The van der Waals surface area contributed by atoms with E-state index in [4.69, 9.17) is 11.6 Å². The SMILES string of the molecule is O=C(NCC1(CCl)CC1)c1cccc(Br)c1. The number of carbonyl (C=O) groups excluding carboxylic acids is 1. The molecule has 1 fully saturated rings. The summed E-state index contributed by atoms with van der Waals surface area (Å²) in [7, 11) is 0. The molecule has 16 heavy (non-hydrogen) atoms. The maximum absolute atomic E-state index is 11.8. The summed E-state index contributed by atoms with van der Waals surface area (Å²) in [5.41, 5.74) is 0.850. The third-order valence-corrected chi connectivity index (χ3v) is 4.01. The van der Waals surface area contributed by atoms with Gasteiger partial charge in [-0.1, -0.05) is 22.0 Å². The largest absolute Gasteiger partial charge is 0.351 e. The number of alkyl halides is 1. The van der Waals surface area contributed by atoms with Gasteiger partial charge in [-0.25, -0.2) is 0 Å². The van der Waals surface area contributed by atoms with Gasteiger partial charge in [0.15, 0.2) is 0 Å². The lowest BCUT2D eigenvalue weighted by Gasteiger charge is -2.12. The van der Waals surface area contributed by atoms with Crippen LogP contribution in [0, 0.1) is 5.41 Å². The first kappa shape index (κ1) is 11.9. The van der Waals surface area contributed by atoms with Gasteiger partial charge in [0.2, 0.25) is 0 Å². The molecule has 1 aromatic carbocycles. The molecule has 0 bridgehead atoms. The Bertz CT molecular complexity index is 404. The number of hydrogen-bond acceptors (Lipinski definition) is 1. The molecule has 0 aliphatic heterocycles. The fourth-order valence-electron chi connectivity index (χ4n) is 1.53. The first-order valence-corrected chi connectivity index (χ1v) is 6.58. The Morgan fingerprint density at radius 2 is 2.25 bits per heavy atom. The van der Waals surface area contributed by atoms with E-state index in [-0.39, 0.29) is 11.3 Å². The average molecular weight is 303 g/mol. The van der Waals surface area contributed by atoms with Gasteiger partial charge in [-0.3, -0.25) is 4.79 Å². The zero-order chi connectivity index (χ0) is 11.6. The number of nitrogens with one attached hydrogen (secondary N) is 1. The summed E-state index contributed by atoms with van der Waals surface area (Å²) in [5, 5.41) is 2.94. The molecule has 0 radical (unpaired) electrons. The van der Waals surface area contributed by atoms with Crippen LogP contribution in [0.4, 0.5) is 0 Å². The monoisotopic (exact) mass is 301 g/mol. The van der Waals surface area contributed by atoms with Crippen LogP contribution in [-0.2, 0) is 0 Å². The van der Waals surface area contributed by atoms with Crippen LogP contribution in [0.5, 0.6) is 0 Å². The minimum atomic E-state index is -0.0299. The van der Waals surface area contributed by atoms with E-state index in [9.17, 15) is 4.79 Å². The second-order valence-corrected chi connectivity index (χ2v) is 5.51. The highest BCUT2D eigenvalue weighted by Crippen LogP contribution is 2.45. The van der Waals surface area contributed by atoms with Gasteiger partial charge in [-0.2, -0.15) is 0 Å². The lowest BCUT2D eigenvalue weighted by atomic mass is 10.1. The van der Waals surface area contributed by atoms with Crippen LogP contribution in [0.2, 0.25) is 0 Å². The van der Waals surface area contributed by atoms with Crippen molar-refractivity contribution in [1.82, 2.24) is 5.32 Å². The van der Waals surface area contributed by atoms with E-state index < -0.39 is 0 Å². The zero-order valence-corrected chi connectivity index (χ0v) is 11.1. The van der Waals surface area contributed by atoms with Gasteiger partial charge >= 0.3 is 0 Å². The highest BCUT2D eigenvalue weighted by molar-refractivity contribution is 9.10. The molecule has 1 amide bonds. The zero-order valence-electron chi connectivity index (χ0n) is 8.80. The molecule has 1 aliphatic carbocycles. The molecule has 4 heteroatoms. The molecule has 0 unspecified atom stereocenters. The van der Waals surface area contributed by atoms with Gasteiger partial charge < -0.3 is 5.32 Å². The van der Waals surface area contributed by atoms with E-state index >= 15 is 0 Å². The minimum absolute atomic E-state index is 0.0299. The van der Waals surface area contributed by atoms with Crippen molar-refractivity contribution in [3.8, 4) is 0 Å². The Hall–Kier alpha value is -0.540. The summed E-state index contributed by atoms with van der Waals surface area (Å²) in [6, 6.07) is 7.38. The Kier molecular flexibility index (Phi) is 3.55. The van der Waals surface area contributed by atoms with E-state index in [1.165, 1.54) is 0 Å². The van der Waals surface area contributed by atoms with E-state index in [0.29, 0.717) is 18.0 Å². The number of carbonyl (C=O) groups is 1. The Morgan fingerprint density at radius 3 is 2.81 bits per heavy atom. The topological polar surface area (TPSA) is 29.1 Å². The Labute approximate surface area is 108 Å². The van der Waals surface area contributed by atoms with Gasteiger partial charge in [0.05, 0.1) is 0 Å². The van der Waals surface area contributed by atoms with Crippen molar-refractivity contribution in [2.24, 2.45) is 5.41 Å². The summed E-state index contributed by atoms with van der Waals surface area (Å²) in [6.07, 6.45) is 2.24. The van der Waals surface area contributed by atoms with E-state index in [0.717, 1.165) is 17.3 Å². The van der Waals surface area contributed by atoms with Crippen LogP contribution in [0.1, 0.15) is 23.2 Å². The molecule has 0 heterocycles. The number of rotatable bonds is 4. The highest BCUT2D eigenvalue weighted by Gasteiger charge is 2.41. The van der Waals surface area contributed by atoms with Crippen LogP contribution in [-0.4, -0.2) is 18.3 Å². The molecule has 0 atom stereocenters. The van der Waals surface area contributed by atoms with Crippen molar-refractivity contribution < 1.29 is 4.79 Å². The predicted octanol–water partition coefficient (Wildman–Crippen LogP) is 3.20. The molecule has 0 aromatic heterocycles. The molecule has 0 spiro atoms. The quantitative estimate of drug-likeness (QED) is 0.850. The summed E-state index contributed by atoms with van der Waals surface area (Å²) < 4.78 is 0.915. The summed E-state index contributed by atoms with van der Waals surface area (Å²) >= 11 is 9.20. The number of hydrogen-bond donors (Lipinski definition) is 1. The van der Waals surface area contributed by atoms with Crippen molar-refractivity contribution in [2.75, 3.05) is 12.4 Å². The van der Waals surface area contributed by atoms with Crippen molar-refractivity contribution in [3.05, 3.63) is 34.3 Å². The van der Waals surface area contributed by atoms with Gasteiger partial charge in [0.1, 0.15) is 0 Å². The Balaban J connectivity index is 1.93. The van der Waals surface area contributed by atoms with Gasteiger partial charge in [0, 0.05) is 27.9 Å². The third-order valence-electron chi connectivity index (χ3n) is 2.95. The number of benzene rings is 1. The second kappa shape index (κ2) is 4.76. The maximum atomic E-state index is 11.8. The van der Waals surface area contributed by atoms with Crippen LogP contribution >= 0.6 is 27.5 Å². The number of amides is 1. The van der Waals surface area contributed by atoms with Gasteiger partial charge in [-0.15, -0.1) is 11.6 Å². The molecule has 0 saturated heterocycles.